The molecule has 19 heavy (non-hydrogen) atoms. The first-order valence-electron chi connectivity index (χ1n) is 5.64. The van der Waals surface area contributed by atoms with Crippen molar-refractivity contribution in [3.8, 4) is 0 Å². The van der Waals surface area contributed by atoms with Crippen LogP contribution in [0.15, 0.2) is 35.8 Å². The van der Waals surface area contributed by atoms with E-state index in [4.69, 9.17) is 11.6 Å². The molecule has 1 aromatic carbocycles. The minimum atomic E-state index is -0.261. The Morgan fingerprint density at radius 3 is 2.95 bits per heavy atom. The quantitative estimate of drug-likeness (QED) is 0.784. The Labute approximate surface area is 118 Å². The van der Waals surface area contributed by atoms with Crippen LogP contribution in [-0.4, -0.2) is 15.3 Å². The number of rotatable bonds is 2. The zero-order valence-corrected chi connectivity index (χ0v) is 11.6. The van der Waals surface area contributed by atoms with E-state index in [1.165, 1.54) is 11.3 Å². The summed E-state index contributed by atoms with van der Waals surface area (Å²) in [6, 6.07) is 7.11. The number of benzene rings is 1. The molecule has 96 valence electrons. The van der Waals surface area contributed by atoms with Gasteiger partial charge in [0.1, 0.15) is 5.69 Å². The molecule has 0 atom stereocenters. The van der Waals surface area contributed by atoms with Gasteiger partial charge in [-0.05, 0) is 19.1 Å². The predicted molar refractivity (Wildman–Crippen MR) is 77.2 cm³/mol. The second kappa shape index (κ2) is 4.68. The van der Waals surface area contributed by atoms with Crippen LogP contribution in [0.3, 0.4) is 0 Å². The monoisotopic (exact) mass is 291 g/mol. The zero-order valence-electron chi connectivity index (χ0n) is 10.1. The van der Waals surface area contributed by atoms with Crippen molar-refractivity contribution in [1.82, 2.24) is 9.38 Å². The lowest BCUT2D eigenvalue weighted by Crippen LogP contribution is -2.12. The molecule has 3 rings (SSSR count). The summed E-state index contributed by atoms with van der Waals surface area (Å²) in [5.41, 5.74) is 2.03. The molecule has 0 spiro atoms. The normalized spacial score (nSPS) is 10.8. The minimum absolute atomic E-state index is 0.261. The smallest absolute Gasteiger partial charge is 0.275 e. The first-order valence-corrected chi connectivity index (χ1v) is 6.90. The van der Waals surface area contributed by atoms with Gasteiger partial charge in [-0.1, -0.05) is 23.7 Å². The van der Waals surface area contributed by atoms with Gasteiger partial charge in [-0.3, -0.25) is 9.20 Å². The van der Waals surface area contributed by atoms with E-state index in [0.717, 1.165) is 10.7 Å². The van der Waals surface area contributed by atoms with Crippen molar-refractivity contribution in [2.24, 2.45) is 0 Å². The Morgan fingerprint density at radius 1 is 1.42 bits per heavy atom. The molecule has 0 radical (unpaired) electrons. The summed E-state index contributed by atoms with van der Waals surface area (Å²) in [6.07, 6.45) is 1.73. The lowest BCUT2D eigenvalue weighted by atomic mass is 10.3. The summed E-state index contributed by atoms with van der Waals surface area (Å²) in [4.78, 5) is 17.2. The van der Waals surface area contributed by atoms with Crippen molar-refractivity contribution < 1.29 is 4.79 Å². The van der Waals surface area contributed by atoms with Crippen LogP contribution in [-0.2, 0) is 0 Å². The van der Waals surface area contributed by atoms with Crippen molar-refractivity contribution in [1.29, 1.82) is 0 Å². The van der Waals surface area contributed by atoms with Crippen molar-refractivity contribution in [3.63, 3.8) is 0 Å². The highest BCUT2D eigenvalue weighted by atomic mass is 35.5. The van der Waals surface area contributed by atoms with E-state index in [1.807, 2.05) is 28.8 Å². The highest BCUT2D eigenvalue weighted by Crippen LogP contribution is 2.22. The standard InChI is InChI=1S/C13H10ClN3OS/c1-8-7-19-13-16-11(6-17(8)13)12(18)15-10-5-3-2-4-9(10)14/h2-7H,1H3,(H,15,18). The number of carbonyl (C=O) groups excluding carboxylic acids is 1. The molecule has 0 aliphatic heterocycles. The van der Waals surface area contributed by atoms with E-state index < -0.39 is 0 Å². The number of halogens is 1. The van der Waals surface area contributed by atoms with E-state index in [2.05, 4.69) is 10.3 Å². The van der Waals surface area contributed by atoms with Crippen LogP contribution in [0.1, 0.15) is 16.2 Å². The van der Waals surface area contributed by atoms with E-state index in [1.54, 1.807) is 18.3 Å². The minimum Gasteiger partial charge on any atom is -0.319 e. The van der Waals surface area contributed by atoms with Gasteiger partial charge in [0.25, 0.3) is 5.91 Å². The van der Waals surface area contributed by atoms with Gasteiger partial charge in [0.15, 0.2) is 4.96 Å². The number of nitrogens with one attached hydrogen (secondary N) is 1. The predicted octanol–water partition coefficient (Wildman–Crippen LogP) is 3.61. The van der Waals surface area contributed by atoms with Gasteiger partial charge in [-0.15, -0.1) is 11.3 Å². The van der Waals surface area contributed by atoms with Gasteiger partial charge in [0.2, 0.25) is 0 Å². The van der Waals surface area contributed by atoms with E-state index in [-0.39, 0.29) is 5.91 Å². The first-order chi connectivity index (χ1) is 9.15. The maximum absolute atomic E-state index is 12.1. The first kappa shape index (κ1) is 12.2. The van der Waals surface area contributed by atoms with Crippen molar-refractivity contribution in [2.75, 3.05) is 5.32 Å². The van der Waals surface area contributed by atoms with Gasteiger partial charge in [-0.25, -0.2) is 4.98 Å². The summed E-state index contributed by atoms with van der Waals surface area (Å²) in [6.45, 7) is 1.97. The van der Waals surface area contributed by atoms with Gasteiger partial charge >= 0.3 is 0 Å². The molecule has 0 fully saturated rings. The highest BCUT2D eigenvalue weighted by molar-refractivity contribution is 7.15. The van der Waals surface area contributed by atoms with Crippen molar-refractivity contribution >= 4 is 39.5 Å². The average molecular weight is 292 g/mol. The summed E-state index contributed by atoms with van der Waals surface area (Å²) < 4.78 is 1.90. The van der Waals surface area contributed by atoms with Gasteiger partial charge in [-0.2, -0.15) is 0 Å². The highest BCUT2D eigenvalue weighted by Gasteiger charge is 2.13. The van der Waals surface area contributed by atoms with Crippen LogP contribution in [0.2, 0.25) is 5.02 Å². The topological polar surface area (TPSA) is 46.4 Å². The fourth-order valence-corrected chi connectivity index (χ4v) is 2.79. The van der Waals surface area contributed by atoms with Crippen LogP contribution in [0.5, 0.6) is 0 Å². The molecule has 0 bridgehead atoms. The molecule has 6 heteroatoms. The van der Waals surface area contributed by atoms with E-state index in [0.29, 0.717) is 16.4 Å². The fourth-order valence-electron chi connectivity index (χ4n) is 1.75. The molecule has 1 amide bonds. The number of hydrogen-bond donors (Lipinski definition) is 1. The summed E-state index contributed by atoms with van der Waals surface area (Å²) in [5, 5.41) is 5.26. The summed E-state index contributed by atoms with van der Waals surface area (Å²) in [7, 11) is 0. The molecule has 2 aromatic heterocycles. The van der Waals surface area contributed by atoms with Crippen molar-refractivity contribution in [2.45, 2.75) is 6.92 Å². The number of para-hydroxylation sites is 1. The molecule has 0 aliphatic rings. The number of carbonyl (C=O) groups is 1. The number of amides is 1. The second-order valence-electron chi connectivity index (χ2n) is 4.09. The number of nitrogens with zero attached hydrogens (tertiary/aromatic N) is 2. The molecule has 0 saturated heterocycles. The lowest BCUT2D eigenvalue weighted by Gasteiger charge is -2.04. The SMILES string of the molecule is Cc1csc2nc(C(=O)Nc3ccccc3Cl)cn12. The average Bonchev–Trinajstić information content (AvgIpc) is 2.95. The molecule has 3 aromatic rings. The molecule has 0 unspecified atom stereocenters. The molecule has 2 heterocycles. The number of hydrogen-bond acceptors (Lipinski definition) is 3. The van der Waals surface area contributed by atoms with Crippen LogP contribution in [0, 0.1) is 6.92 Å². The maximum Gasteiger partial charge on any atom is 0.275 e. The Morgan fingerprint density at radius 2 is 2.21 bits per heavy atom. The number of thiazole rings is 1. The number of fused-ring (bicyclic) bond motifs is 1. The Kier molecular flexibility index (Phi) is 3.00. The summed E-state index contributed by atoms with van der Waals surface area (Å²) >= 11 is 7.51. The third-order valence-electron chi connectivity index (χ3n) is 2.74. The Balaban J connectivity index is 1.90. The number of aromatic nitrogens is 2. The largest absolute Gasteiger partial charge is 0.319 e. The zero-order chi connectivity index (χ0) is 13.4. The van der Waals surface area contributed by atoms with E-state index >= 15 is 0 Å². The van der Waals surface area contributed by atoms with Gasteiger partial charge < -0.3 is 5.32 Å². The second-order valence-corrected chi connectivity index (χ2v) is 5.33. The van der Waals surface area contributed by atoms with Crippen LogP contribution in [0.4, 0.5) is 5.69 Å². The van der Waals surface area contributed by atoms with Crippen molar-refractivity contribution in [3.05, 3.63) is 52.3 Å². The van der Waals surface area contributed by atoms with Crippen LogP contribution < -0.4 is 5.32 Å². The maximum atomic E-state index is 12.1. The van der Waals surface area contributed by atoms with Gasteiger partial charge in [0.05, 0.1) is 10.7 Å². The number of imidazole rings is 1. The molecular weight excluding hydrogens is 282 g/mol. The summed E-state index contributed by atoms with van der Waals surface area (Å²) in [5.74, 6) is -0.261. The van der Waals surface area contributed by atoms with Crippen LogP contribution in [0.25, 0.3) is 4.96 Å². The molecular formula is C13H10ClN3OS. The third-order valence-corrected chi connectivity index (χ3v) is 4.03. The van der Waals surface area contributed by atoms with Crippen LogP contribution >= 0.6 is 22.9 Å². The Bertz CT molecular complexity index is 762. The fraction of sp³-hybridized carbons (Fsp3) is 0.0769. The lowest BCUT2D eigenvalue weighted by molar-refractivity contribution is 0.102. The Hall–Kier alpha value is -1.85. The van der Waals surface area contributed by atoms with Gasteiger partial charge in [0, 0.05) is 17.3 Å². The molecule has 0 aliphatic carbocycles. The number of aryl methyl sites for hydroxylation is 1. The third kappa shape index (κ3) is 2.22. The molecule has 4 nitrogen and oxygen atoms in total. The molecule has 0 saturated carbocycles. The number of anilines is 1. The van der Waals surface area contributed by atoms with E-state index in [9.17, 15) is 4.79 Å². The molecule has 1 N–H and O–H groups in total.